The molecule has 5 aliphatic rings. The van der Waals surface area contributed by atoms with Crippen molar-refractivity contribution in [2.45, 2.75) is 106 Å². The zero-order valence-corrected chi connectivity index (χ0v) is 15.1. The normalized spacial score (nSPS) is 45.2. The number of rotatable bonds is 2. The summed E-state index contributed by atoms with van der Waals surface area (Å²) in [5.74, 6) is -0.846. The average molecular weight is 354 g/mol. The van der Waals surface area contributed by atoms with Crippen LogP contribution in [0, 0.1) is 0 Å². The zero-order valence-electron chi connectivity index (χ0n) is 15.1. The molecule has 5 fully saturated rings. The molecule has 0 radical (unpaired) electrons. The molecule has 3 aliphatic heterocycles. The van der Waals surface area contributed by atoms with Crippen LogP contribution in [0.4, 0.5) is 0 Å². The van der Waals surface area contributed by atoms with Crippen LogP contribution in [-0.4, -0.2) is 56.0 Å². The smallest absolute Gasteiger partial charge is 0.190 e. The van der Waals surface area contributed by atoms with Gasteiger partial charge in [-0.05, 0) is 25.7 Å². The van der Waals surface area contributed by atoms with Crippen molar-refractivity contribution < 1.29 is 28.4 Å². The molecule has 2 saturated carbocycles. The Bertz CT molecular complexity index is 484. The van der Waals surface area contributed by atoms with Crippen LogP contribution in [0.25, 0.3) is 0 Å². The summed E-state index contributed by atoms with van der Waals surface area (Å²) in [5, 5.41) is 0. The first-order chi connectivity index (χ1) is 12.2. The highest BCUT2D eigenvalue weighted by Gasteiger charge is 2.61. The molecule has 5 rings (SSSR count). The monoisotopic (exact) mass is 354 g/mol. The van der Waals surface area contributed by atoms with Crippen LogP contribution in [0.1, 0.15) is 64.2 Å². The minimum atomic E-state index is -0.451. The van der Waals surface area contributed by atoms with E-state index in [2.05, 4.69) is 0 Å². The maximum Gasteiger partial charge on any atom is 0.190 e. The minimum Gasteiger partial charge on any atom is -0.376 e. The van der Waals surface area contributed by atoms with Crippen molar-refractivity contribution in [1.29, 1.82) is 0 Å². The molecule has 3 saturated heterocycles. The summed E-state index contributed by atoms with van der Waals surface area (Å²) in [6.07, 6.45) is 10.1. The Morgan fingerprint density at radius 1 is 0.760 bits per heavy atom. The molecule has 6 heteroatoms. The maximum absolute atomic E-state index is 6.38. The van der Waals surface area contributed by atoms with Crippen molar-refractivity contribution in [1.82, 2.24) is 0 Å². The molecular weight excluding hydrogens is 324 g/mol. The summed E-state index contributed by atoms with van der Waals surface area (Å²) in [4.78, 5) is 0. The third kappa shape index (κ3) is 2.86. The van der Waals surface area contributed by atoms with E-state index >= 15 is 0 Å². The average Bonchev–Trinajstić information content (AvgIpc) is 3.27. The Labute approximate surface area is 149 Å². The molecular formula is C19H30O6. The number of hydrogen-bond donors (Lipinski definition) is 0. The fourth-order valence-corrected chi connectivity index (χ4v) is 5.34. The first-order valence-corrected chi connectivity index (χ1v) is 10.1. The van der Waals surface area contributed by atoms with E-state index in [0.717, 1.165) is 38.5 Å². The van der Waals surface area contributed by atoms with Gasteiger partial charge in [0.05, 0.1) is 6.61 Å². The summed E-state index contributed by atoms with van der Waals surface area (Å²) in [6, 6.07) is 0. The Kier molecular flexibility index (Phi) is 4.34. The third-order valence-electron chi connectivity index (χ3n) is 6.64. The van der Waals surface area contributed by atoms with Crippen molar-refractivity contribution >= 4 is 0 Å². The van der Waals surface area contributed by atoms with Gasteiger partial charge in [-0.3, -0.25) is 0 Å². The number of methoxy groups -OCH3 is 1. The van der Waals surface area contributed by atoms with Crippen molar-refractivity contribution in [3.63, 3.8) is 0 Å². The van der Waals surface area contributed by atoms with Crippen LogP contribution in [0.15, 0.2) is 0 Å². The number of hydrogen-bond acceptors (Lipinski definition) is 6. The lowest BCUT2D eigenvalue weighted by molar-refractivity contribution is -0.261. The van der Waals surface area contributed by atoms with Crippen LogP contribution in [0.2, 0.25) is 0 Å². The van der Waals surface area contributed by atoms with Crippen molar-refractivity contribution in [2.75, 3.05) is 13.7 Å². The molecule has 0 aromatic heterocycles. The van der Waals surface area contributed by atoms with Gasteiger partial charge in [0, 0.05) is 32.8 Å². The molecule has 0 aromatic carbocycles. The van der Waals surface area contributed by atoms with Gasteiger partial charge >= 0.3 is 0 Å². The Balaban J connectivity index is 1.27. The second kappa shape index (κ2) is 6.43. The van der Waals surface area contributed by atoms with Crippen LogP contribution < -0.4 is 0 Å². The molecule has 5 atom stereocenters. The van der Waals surface area contributed by atoms with Gasteiger partial charge in [-0.2, -0.15) is 0 Å². The van der Waals surface area contributed by atoms with E-state index in [1.54, 1.807) is 7.11 Å². The topological polar surface area (TPSA) is 55.4 Å². The van der Waals surface area contributed by atoms with E-state index in [9.17, 15) is 0 Å². The van der Waals surface area contributed by atoms with Crippen LogP contribution in [0.5, 0.6) is 0 Å². The van der Waals surface area contributed by atoms with Crippen LogP contribution in [-0.2, 0) is 28.4 Å². The van der Waals surface area contributed by atoms with E-state index in [4.69, 9.17) is 28.4 Å². The molecule has 2 spiro atoms. The van der Waals surface area contributed by atoms with Gasteiger partial charge in [0.1, 0.15) is 24.4 Å². The highest BCUT2D eigenvalue weighted by Crippen LogP contribution is 2.48. The quantitative estimate of drug-likeness (QED) is 0.760. The predicted molar refractivity (Wildman–Crippen MR) is 87.9 cm³/mol. The molecule has 0 aromatic rings. The summed E-state index contributed by atoms with van der Waals surface area (Å²) < 4.78 is 37.1. The highest BCUT2D eigenvalue weighted by molar-refractivity contribution is 5.01. The van der Waals surface area contributed by atoms with Gasteiger partial charge in [0.15, 0.2) is 17.9 Å². The Morgan fingerprint density at radius 3 is 2.12 bits per heavy atom. The second-order valence-electron chi connectivity index (χ2n) is 8.28. The number of fused-ring (bicyclic) bond motifs is 1. The summed E-state index contributed by atoms with van der Waals surface area (Å²) in [5.41, 5.74) is 0. The molecule has 6 nitrogen and oxygen atoms in total. The fraction of sp³-hybridized carbons (Fsp3) is 1.00. The predicted octanol–water partition coefficient (Wildman–Crippen LogP) is 2.88. The van der Waals surface area contributed by atoms with Gasteiger partial charge in [0.25, 0.3) is 0 Å². The van der Waals surface area contributed by atoms with Gasteiger partial charge in [-0.1, -0.05) is 12.8 Å². The Hall–Kier alpha value is -0.240. The maximum atomic E-state index is 6.38. The van der Waals surface area contributed by atoms with Crippen LogP contribution in [0.3, 0.4) is 0 Å². The van der Waals surface area contributed by atoms with E-state index in [1.165, 1.54) is 25.7 Å². The lowest BCUT2D eigenvalue weighted by Gasteiger charge is -2.35. The fourth-order valence-electron chi connectivity index (χ4n) is 5.34. The summed E-state index contributed by atoms with van der Waals surface area (Å²) in [7, 11) is 1.73. The van der Waals surface area contributed by atoms with Gasteiger partial charge in [-0.15, -0.1) is 0 Å². The van der Waals surface area contributed by atoms with Crippen LogP contribution >= 0.6 is 0 Å². The van der Waals surface area contributed by atoms with Crippen molar-refractivity contribution in [3.05, 3.63) is 0 Å². The minimum absolute atomic E-state index is 0.108. The molecule has 0 N–H and O–H groups in total. The third-order valence-corrected chi connectivity index (χ3v) is 6.64. The van der Waals surface area contributed by atoms with Gasteiger partial charge < -0.3 is 28.4 Å². The van der Waals surface area contributed by atoms with E-state index in [0.29, 0.717) is 6.61 Å². The molecule has 25 heavy (non-hydrogen) atoms. The molecule has 2 aliphatic carbocycles. The Morgan fingerprint density at radius 2 is 1.44 bits per heavy atom. The van der Waals surface area contributed by atoms with Crippen molar-refractivity contribution in [3.8, 4) is 0 Å². The SMILES string of the molecule is CO[C@H]1[C@@H]2OC3(CCCCC3)O[C@@H]2O[C@H]1[C@@H]1COC2(CCCCC2)O1. The largest absolute Gasteiger partial charge is 0.376 e. The lowest BCUT2D eigenvalue weighted by Crippen LogP contribution is -2.45. The molecule has 0 bridgehead atoms. The van der Waals surface area contributed by atoms with E-state index in [1.807, 2.05) is 0 Å². The second-order valence-corrected chi connectivity index (χ2v) is 8.28. The van der Waals surface area contributed by atoms with E-state index in [-0.39, 0.29) is 30.7 Å². The number of ether oxygens (including phenoxy) is 6. The summed E-state index contributed by atoms with van der Waals surface area (Å²) >= 11 is 0. The molecule has 0 unspecified atom stereocenters. The van der Waals surface area contributed by atoms with Gasteiger partial charge in [0.2, 0.25) is 0 Å². The van der Waals surface area contributed by atoms with Crippen molar-refractivity contribution in [2.24, 2.45) is 0 Å². The molecule has 142 valence electrons. The lowest BCUT2D eigenvalue weighted by atomic mass is 9.94. The molecule has 0 amide bonds. The standard InChI is InChI=1S/C19H30O6/c1-20-15-14(13-12-21-18(23-13)8-4-2-5-9-18)22-17-16(15)24-19(25-17)10-6-3-7-11-19/h13-17H,2-12H2,1H3/t13-,14-,15+,16-,17-/m0/s1. The van der Waals surface area contributed by atoms with Gasteiger partial charge in [-0.25, -0.2) is 0 Å². The highest BCUT2D eigenvalue weighted by atomic mass is 16.8. The molecule has 3 heterocycles. The summed E-state index contributed by atoms with van der Waals surface area (Å²) in [6.45, 7) is 0.565. The first-order valence-electron chi connectivity index (χ1n) is 10.1. The van der Waals surface area contributed by atoms with E-state index < -0.39 is 11.6 Å². The zero-order chi connectivity index (χ0) is 16.9. The first kappa shape index (κ1) is 16.9.